The average molecular weight is 240 g/mol. The van der Waals surface area contributed by atoms with Crippen LogP contribution in [0.25, 0.3) is 11.0 Å². The molecule has 2 aromatic rings. The molecule has 1 heterocycles. The summed E-state index contributed by atoms with van der Waals surface area (Å²) in [6.45, 7) is 0. The van der Waals surface area contributed by atoms with Gasteiger partial charge >= 0.3 is 0 Å². The van der Waals surface area contributed by atoms with E-state index in [-0.39, 0.29) is 6.04 Å². The average Bonchev–Trinajstić information content (AvgIpc) is 2.58. The summed E-state index contributed by atoms with van der Waals surface area (Å²) in [7, 11) is 0. The number of nitrogens with two attached hydrogens (primary N) is 1. The van der Waals surface area contributed by atoms with E-state index in [0.29, 0.717) is 29.2 Å². The Balaban J connectivity index is 2.06. The van der Waals surface area contributed by atoms with Gasteiger partial charge in [-0.3, -0.25) is 0 Å². The third-order valence-electron chi connectivity index (χ3n) is 3.09. The first-order chi connectivity index (χ1) is 7.57. The fraction of sp³-hybridized carbons (Fsp3) is 0.333. The molecule has 0 radical (unpaired) electrons. The quantitative estimate of drug-likeness (QED) is 0.829. The lowest BCUT2D eigenvalue weighted by molar-refractivity contribution is 0.0196. The first-order valence-corrected chi connectivity index (χ1v) is 5.59. The van der Waals surface area contributed by atoms with Crippen molar-refractivity contribution < 1.29 is 8.81 Å². The summed E-state index contributed by atoms with van der Waals surface area (Å²) in [5.41, 5.74) is 4.89. The van der Waals surface area contributed by atoms with Gasteiger partial charge in [-0.2, -0.15) is 0 Å². The van der Waals surface area contributed by atoms with Gasteiger partial charge in [0.2, 0.25) is 0 Å². The molecule has 3 rings (SSSR count). The Morgan fingerprint density at radius 1 is 1.38 bits per heavy atom. The van der Waals surface area contributed by atoms with Crippen LogP contribution in [-0.2, 0) is 5.67 Å². The number of benzene rings is 1. The van der Waals surface area contributed by atoms with Crippen molar-refractivity contribution in [2.75, 3.05) is 0 Å². The highest BCUT2D eigenvalue weighted by Gasteiger charge is 2.47. The van der Waals surface area contributed by atoms with Gasteiger partial charge < -0.3 is 10.2 Å². The van der Waals surface area contributed by atoms with Crippen LogP contribution < -0.4 is 5.73 Å². The minimum Gasteiger partial charge on any atom is -0.458 e. The zero-order valence-corrected chi connectivity index (χ0v) is 9.30. The van der Waals surface area contributed by atoms with Crippen molar-refractivity contribution in [3.8, 4) is 0 Å². The van der Waals surface area contributed by atoms with Gasteiger partial charge in [0.15, 0.2) is 5.67 Å². The van der Waals surface area contributed by atoms with E-state index in [0.717, 1.165) is 5.39 Å². The summed E-state index contributed by atoms with van der Waals surface area (Å²) >= 11 is 5.86. The lowest BCUT2D eigenvalue weighted by Gasteiger charge is -2.37. The molecular formula is C12H11ClFNO. The number of hydrogen-bond donors (Lipinski definition) is 1. The standard InChI is InChI=1S/C12H11ClFNO/c13-8-1-2-10-7(3-8)4-11(16-10)12(14)5-9(15)6-12/h1-4,9H,5-6,15H2. The molecule has 16 heavy (non-hydrogen) atoms. The third-order valence-corrected chi connectivity index (χ3v) is 3.33. The van der Waals surface area contributed by atoms with E-state index in [1.54, 1.807) is 24.3 Å². The molecule has 0 spiro atoms. The molecule has 0 atom stereocenters. The highest BCUT2D eigenvalue weighted by Crippen LogP contribution is 2.46. The predicted molar refractivity (Wildman–Crippen MR) is 61.2 cm³/mol. The molecule has 84 valence electrons. The molecule has 0 amide bonds. The second kappa shape index (κ2) is 3.22. The molecule has 0 unspecified atom stereocenters. The Kier molecular flexibility index (Phi) is 2.03. The van der Waals surface area contributed by atoms with Gasteiger partial charge in [0, 0.05) is 29.3 Å². The highest BCUT2D eigenvalue weighted by atomic mass is 35.5. The molecule has 4 heteroatoms. The molecule has 2 N–H and O–H groups in total. The summed E-state index contributed by atoms with van der Waals surface area (Å²) in [6.07, 6.45) is 0.668. The zero-order chi connectivity index (χ0) is 11.3. The lowest BCUT2D eigenvalue weighted by Crippen LogP contribution is -2.45. The van der Waals surface area contributed by atoms with Crippen molar-refractivity contribution in [1.82, 2.24) is 0 Å². The molecule has 0 saturated heterocycles. The maximum Gasteiger partial charge on any atom is 0.171 e. The molecule has 0 bridgehead atoms. The topological polar surface area (TPSA) is 39.2 Å². The van der Waals surface area contributed by atoms with Gasteiger partial charge in [0.05, 0.1) is 0 Å². The number of furan rings is 1. The Hall–Kier alpha value is -1.06. The summed E-state index contributed by atoms with van der Waals surface area (Å²) in [5.74, 6) is 0.367. The summed E-state index contributed by atoms with van der Waals surface area (Å²) in [6, 6.07) is 6.92. The normalized spacial score (nSPS) is 29.3. The monoisotopic (exact) mass is 239 g/mol. The van der Waals surface area contributed by atoms with Crippen LogP contribution in [0.15, 0.2) is 28.7 Å². The fourth-order valence-electron chi connectivity index (χ4n) is 2.21. The van der Waals surface area contributed by atoms with E-state index in [2.05, 4.69) is 0 Å². The minimum atomic E-state index is -1.38. The molecule has 1 aromatic carbocycles. The van der Waals surface area contributed by atoms with Crippen molar-refractivity contribution in [1.29, 1.82) is 0 Å². The number of rotatable bonds is 1. The largest absolute Gasteiger partial charge is 0.458 e. The maximum atomic E-state index is 14.2. The zero-order valence-electron chi connectivity index (χ0n) is 8.54. The SMILES string of the molecule is NC1CC(F)(c2cc3cc(Cl)ccc3o2)C1. The Morgan fingerprint density at radius 3 is 2.81 bits per heavy atom. The van der Waals surface area contributed by atoms with E-state index < -0.39 is 5.67 Å². The minimum absolute atomic E-state index is 0.0539. The summed E-state index contributed by atoms with van der Waals surface area (Å²) < 4.78 is 19.7. The second-order valence-electron chi connectivity index (χ2n) is 4.43. The molecule has 1 saturated carbocycles. The highest BCUT2D eigenvalue weighted by molar-refractivity contribution is 6.31. The van der Waals surface area contributed by atoms with E-state index in [1.807, 2.05) is 0 Å². The Labute approximate surface area is 97.2 Å². The van der Waals surface area contributed by atoms with E-state index in [4.69, 9.17) is 21.8 Å². The van der Waals surface area contributed by atoms with Crippen molar-refractivity contribution in [2.24, 2.45) is 5.73 Å². The molecule has 2 nitrogen and oxygen atoms in total. The first kappa shape index (κ1) is 10.1. The van der Waals surface area contributed by atoms with E-state index in [9.17, 15) is 4.39 Å². The molecule has 1 aliphatic rings. The molecular weight excluding hydrogens is 229 g/mol. The van der Waals surface area contributed by atoms with Gasteiger partial charge in [-0.1, -0.05) is 11.6 Å². The van der Waals surface area contributed by atoms with Crippen molar-refractivity contribution in [3.05, 3.63) is 35.0 Å². The van der Waals surface area contributed by atoms with E-state index >= 15 is 0 Å². The van der Waals surface area contributed by atoms with Crippen LogP contribution in [0.1, 0.15) is 18.6 Å². The lowest BCUT2D eigenvalue weighted by atomic mass is 9.76. The Bertz CT molecular complexity index is 545. The van der Waals surface area contributed by atoms with Crippen LogP contribution in [0.2, 0.25) is 5.02 Å². The van der Waals surface area contributed by atoms with Crippen LogP contribution in [0.5, 0.6) is 0 Å². The molecule has 0 aliphatic heterocycles. The van der Waals surface area contributed by atoms with Crippen LogP contribution in [0, 0.1) is 0 Å². The number of hydrogen-bond acceptors (Lipinski definition) is 2. The maximum absolute atomic E-state index is 14.2. The van der Waals surface area contributed by atoms with Crippen molar-refractivity contribution in [2.45, 2.75) is 24.6 Å². The van der Waals surface area contributed by atoms with Crippen LogP contribution in [-0.4, -0.2) is 6.04 Å². The van der Waals surface area contributed by atoms with Gasteiger partial charge in [0.1, 0.15) is 11.3 Å². The number of fused-ring (bicyclic) bond motifs is 1. The summed E-state index contributed by atoms with van der Waals surface area (Å²) in [5, 5.41) is 1.46. The molecule has 1 fully saturated rings. The second-order valence-corrected chi connectivity index (χ2v) is 4.86. The Morgan fingerprint density at radius 2 is 2.12 bits per heavy atom. The van der Waals surface area contributed by atoms with Gasteiger partial charge in [0.25, 0.3) is 0 Å². The first-order valence-electron chi connectivity index (χ1n) is 5.21. The van der Waals surface area contributed by atoms with Crippen molar-refractivity contribution in [3.63, 3.8) is 0 Å². The smallest absolute Gasteiger partial charge is 0.171 e. The number of halogens is 2. The van der Waals surface area contributed by atoms with Gasteiger partial charge in [-0.05, 0) is 24.3 Å². The molecule has 1 aromatic heterocycles. The van der Waals surface area contributed by atoms with Crippen LogP contribution in [0.4, 0.5) is 4.39 Å². The predicted octanol–water partition coefficient (Wildman–Crippen LogP) is 3.37. The molecule has 1 aliphatic carbocycles. The fourth-order valence-corrected chi connectivity index (χ4v) is 2.39. The van der Waals surface area contributed by atoms with E-state index in [1.165, 1.54) is 0 Å². The van der Waals surface area contributed by atoms with Crippen molar-refractivity contribution >= 4 is 22.6 Å². The van der Waals surface area contributed by atoms with Crippen LogP contribution >= 0.6 is 11.6 Å². The van der Waals surface area contributed by atoms with Gasteiger partial charge in [-0.25, -0.2) is 4.39 Å². The third kappa shape index (κ3) is 1.43. The van der Waals surface area contributed by atoms with Gasteiger partial charge in [-0.15, -0.1) is 0 Å². The van der Waals surface area contributed by atoms with Crippen LogP contribution in [0.3, 0.4) is 0 Å². The number of alkyl halides is 1. The summed E-state index contributed by atoms with van der Waals surface area (Å²) in [4.78, 5) is 0.